The van der Waals surface area contributed by atoms with E-state index in [1.807, 2.05) is 60.7 Å². The van der Waals surface area contributed by atoms with Gasteiger partial charge in [0.1, 0.15) is 28.2 Å². The van der Waals surface area contributed by atoms with Crippen LogP contribution in [-0.4, -0.2) is 39.1 Å². The molecule has 0 aliphatic carbocycles. The van der Waals surface area contributed by atoms with Crippen molar-refractivity contribution >= 4 is 46.9 Å². The standard InChI is InChI=1S/C39H35N3O6S/c1-46-30-20-23-35(48-3)32(25-30)41-39(45)36(26-12-6-4-7-13-26)49-31-21-18-29(19-22-31)40-38(44)33(24-28-16-10-11-17-34(28)47-2)42-37(43)27-14-8-5-9-15-27/h4-25,36H,1-3H3,(H,40,44)(H,41,45)(H,42,43)/b33-24-. The molecule has 0 heterocycles. The van der Waals surface area contributed by atoms with Crippen molar-refractivity contribution in [3.8, 4) is 17.2 Å². The van der Waals surface area contributed by atoms with Crippen molar-refractivity contribution in [2.45, 2.75) is 10.1 Å². The Morgan fingerprint density at radius 1 is 0.673 bits per heavy atom. The van der Waals surface area contributed by atoms with E-state index in [1.165, 1.54) is 26.0 Å². The molecule has 0 aromatic heterocycles. The lowest BCUT2D eigenvalue weighted by molar-refractivity contribution is -0.116. The van der Waals surface area contributed by atoms with Crippen LogP contribution in [0.5, 0.6) is 17.2 Å². The van der Waals surface area contributed by atoms with E-state index in [0.29, 0.717) is 39.8 Å². The zero-order valence-corrected chi connectivity index (χ0v) is 28.0. The fraction of sp³-hybridized carbons (Fsp3) is 0.103. The average Bonchev–Trinajstić information content (AvgIpc) is 3.15. The van der Waals surface area contributed by atoms with Gasteiger partial charge in [-0.1, -0.05) is 66.7 Å². The van der Waals surface area contributed by atoms with Gasteiger partial charge in [-0.05, 0) is 66.2 Å². The number of ether oxygens (including phenoxy) is 3. The van der Waals surface area contributed by atoms with Gasteiger partial charge in [0.05, 0.1) is 27.0 Å². The molecule has 0 spiro atoms. The van der Waals surface area contributed by atoms with E-state index in [2.05, 4.69) is 16.0 Å². The van der Waals surface area contributed by atoms with Crippen molar-refractivity contribution < 1.29 is 28.6 Å². The Labute approximate surface area is 289 Å². The molecular weight excluding hydrogens is 639 g/mol. The van der Waals surface area contributed by atoms with Gasteiger partial charge < -0.3 is 30.2 Å². The predicted molar refractivity (Wildman–Crippen MR) is 193 cm³/mol. The summed E-state index contributed by atoms with van der Waals surface area (Å²) in [5, 5.41) is 8.00. The van der Waals surface area contributed by atoms with Gasteiger partial charge >= 0.3 is 0 Å². The lowest BCUT2D eigenvalue weighted by atomic mass is 10.1. The van der Waals surface area contributed by atoms with Crippen LogP contribution in [0.25, 0.3) is 6.08 Å². The Bertz CT molecular complexity index is 1930. The lowest BCUT2D eigenvalue weighted by Crippen LogP contribution is -2.30. The molecule has 49 heavy (non-hydrogen) atoms. The van der Waals surface area contributed by atoms with E-state index in [1.54, 1.807) is 79.9 Å². The molecule has 9 nitrogen and oxygen atoms in total. The number of methoxy groups -OCH3 is 3. The smallest absolute Gasteiger partial charge is 0.272 e. The van der Waals surface area contributed by atoms with Gasteiger partial charge in [0.25, 0.3) is 11.8 Å². The summed E-state index contributed by atoms with van der Waals surface area (Å²) in [6.45, 7) is 0. The first-order valence-corrected chi connectivity index (χ1v) is 16.1. The van der Waals surface area contributed by atoms with Crippen LogP contribution < -0.4 is 30.2 Å². The molecule has 0 saturated heterocycles. The summed E-state index contributed by atoms with van der Waals surface area (Å²) >= 11 is 1.36. The Hall–Kier alpha value is -6.00. The summed E-state index contributed by atoms with van der Waals surface area (Å²) in [6, 6.07) is 37.6. The first-order valence-electron chi connectivity index (χ1n) is 15.3. The van der Waals surface area contributed by atoms with Crippen molar-refractivity contribution in [3.63, 3.8) is 0 Å². The fourth-order valence-electron chi connectivity index (χ4n) is 4.85. The molecule has 0 bridgehead atoms. The van der Waals surface area contributed by atoms with Gasteiger partial charge in [0.2, 0.25) is 5.91 Å². The minimum atomic E-state index is -0.610. The predicted octanol–water partition coefficient (Wildman–Crippen LogP) is 7.59. The molecule has 0 radical (unpaired) electrons. The van der Waals surface area contributed by atoms with E-state index < -0.39 is 17.1 Å². The normalized spacial score (nSPS) is 11.5. The highest BCUT2D eigenvalue weighted by Crippen LogP contribution is 2.38. The van der Waals surface area contributed by atoms with Crippen molar-refractivity contribution in [2.24, 2.45) is 0 Å². The molecule has 5 aromatic rings. The van der Waals surface area contributed by atoms with Crippen molar-refractivity contribution in [3.05, 3.63) is 150 Å². The summed E-state index contributed by atoms with van der Waals surface area (Å²) in [5.74, 6) is 0.429. The molecule has 0 fully saturated rings. The summed E-state index contributed by atoms with van der Waals surface area (Å²) in [6.07, 6.45) is 1.57. The van der Waals surface area contributed by atoms with E-state index in [4.69, 9.17) is 14.2 Å². The summed E-state index contributed by atoms with van der Waals surface area (Å²) < 4.78 is 16.2. The lowest BCUT2D eigenvalue weighted by Gasteiger charge is -2.19. The van der Waals surface area contributed by atoms with E-state index in [9.17, 15) is 14.4 Å². The number of amides is 3. The Kier molecular flexibility index (Phi) is 11.7. The van der Waals surface area contributed by atoms with Crippen molar-refractivity contribution in [1.82, 2.24) is 5.32 Å². The summed E-state index contributed by atoms with van der Waals surface area (Å²) in [5.41, 5.74) is 2.85. The first kappa shape index (κ1) is 34.3. The zero-order valence-electron chi connectivity index (χ0n) is 27.1. The minimum absolute atomic E-state index is 0.0330. The maximum absolute atomic E-state index is 13.7. The van der Waals surface area contributed by atoms with Crippen molar-refractivity contribution in [1.29, 1.82) is 0 Å². The van der Waals surface area contributed by atoms with Crippen LogP contribution in [0, 0.1) is 0 Å². The van der Waals surface area contributed by atoms with Gasteiger partial charge in [-0.15, -0.1) is 11.8 Å². The third-order valence-electron chi connectivity index (χ3n) is 7.34. The molecule has 5 aromatic carbocycles. The van der Waals surface area contributed by atoms with Gasteiger partial charge in [-0.2, -0.15) is 0 Å². The topological polar surface area (TPSA) is 115 Å². The molecule has 1 atom stereocenters. The van der Waals surface area contributed by atoms with E-state index >= 15 is 0 Å². The molecule has 0 saturated carbocycles. The second-order valence-corrected chi connectivity index (χ2v) is 11.7. The van der Waals surface area contributed by atoms with Crippen LogP contribution >= 0.6 is 11.8 Å². The zero-order chi connectivity index (χ0) is 34.6. The van der Waals surface area contributed by atoms with E-state index in [-0.39, 0.29) is 11.6 Å². The number of para-hydroxylation sites is 1. The number of benzene rings is 5. The first-order chi connectivity index (χ1) is 23.9. The van der Waals surface area contributed by atoms with Crippen LogP contribution in [0.2, 0.25) is 0 Å². The van der Waals surface area contributed by atoms with Crippen LogP contribution in [0.15, 0.2) is 138 Å². The Morgan fingerprint density at radius 2 is 1.33 bits per heavy atom. The van der Waals surface area contributed by atoms with Gasteiger partial charge in [-0.25, -0.2) is 0 Å². The Balaban J connectivity index is 1.35. The number of thioether (sulfide) groups is 1. The molecule has 1 unspecified atom stereocenters. The SMILES string of the molecule is COc1ccc(OC)c(NC(=O)C(Sc2ccc(NC(=O)/C(=C/c3ccccc3OC)NC(=O)c3ccccc3)cc2)c2ccccc2)c1. The number of nitrogens with one attached hydrogen (secondary N) is 3. The van der Waals surface area contributed by atoms with Crippen LogP contribution in [0.3, 0.4) is 0 Å². The largest absolute Gasteiger partial charge is 0.497 e. The highest BCUT2D eigenvalue weighted by molar-refractivity contribution is 8.00. The van der Waals surface area contributed by atoms with Crippen molar-refractivity contribution in [2.75, 3.05) is 32.0 Å². The van der Waals surface area contributed by atoms with E-state index in [0.717, 1.165) is 10.5 Å². The summed E-state index contributed by atoms with van der Waals surface area (Å²) in [4.78, 5) is 41.1. The third kappa shape index (κ3) is 9.09. The van der Waals surface area contributed by atoms with Gasteiger partial charge in [0, 0.05) is 27.8 Å². The number of carbonyl (C=O) groups is 3. The Morgan fingerprint density at radius 3 is 2.00 bits per heavy atom. The monoisotopic (exact) mass is 673 g/mol. The van der Waals surface area contributed by atoms with Gasteiger partial charge in [0.15, 0.2) is 0 Å². The number of carbonyl (C=O) groups excluding carboxylic acids is 3. The second kappa shape index (κ2) is 16.7. The highest BCUT2D eigenvalue weighted by Gasteiger charge is 2.24. The van der Waals surface area contributed by atoms with Crippen LogP contribution in [-0.2, 0) is 9.59 Å². The maximum atomic E-state index is 13.7. The molecular formula is C39H35N3O6S. The summed E-state index contributed by atoms with van der Waals surface area (Å²) in [7, 11) is 4.63. The molecule has 248 valence electrons. The van der Waals surface area contributed by atoms with Crippen LogP contribution in [0.1, 0.15) is 26.7 Å². The molecule has 5 rings (SSSR count). The molecule has 3 N–H and O–H groups in total. The number of hydrogen-bond acceptors (Lipinski definition) is 7. The number of anilines is 2. The second-order valence-electron chi connectivity index (χ2n) is 10.6. The average molecular weight is 674 g/mol. The fourth-order valence-corrected chi connectivity index (χ4v) is 5.87. The third-order valence-corrected chi connectivity index (χ3v) is 8.60. The maximum Gasteiger partial charge on any atom is 0.272 e. The van der Waals surface area contributed by atoms with Gasteiger partial charge in [-0.3, -0.25) is 14.4 Å². The van der Waals surface area contributed by atoms with Crippen LogP contribution in [0.4, 0.5) is 11.4 Å². The number of rotatable bonds is 13. The molecule has 0 aliphatic heterocycles. The minimum Gasteiger partial charge on any atom is -0.497 e. The molecule has 3 amide bonds. The molecule has 0 aliphatic rings. The molecule has 10 heteroatoms. The quantitative estimate of drug-likeness (QED) is 0.0872. The number of hydrogen-bond donors (Lipinski definition) is 3. The highest BCUT2D eigenvalue weighted by atomic mass is 32.2.